The molecule has 21 heavy (non-hydrogen) atoms. The Morgan fingerprint density at radius 2 is 1.76 bits per heavy atom. The first kappa shape index (κ1) is 17.5. The minimum atomic E-state index is -0.262. The van der Waals surface area contributed by atoms with Crippen molar-refractivity contribution < 1.29 is 14.3 Å². The first-order chi connectivity index (χ1) is 9.92. The van der Waals surface area contributed by atoms with E-state index in [2.05, 4.69) is 19.2 Å². The summed E-state index contributed by atoms with van der Waals surface area (Å²) in [6.45, 7) is 8.82. The molecule has 0 aromatic heterocycles. The molecule has 1 aromatic rings. The fraction of sp³-hybridized carbons (Fsp3) is 0.588. The van der Waals surface area contributed by atoms with Gasteiger partial charge >= 0.3 is 5.97 Å². The van der Waals surface area contributed by atoms with Gasteiger partial charge in [0.05, 0.1) is 13.2 Å². The van der Waals surface area contributed by atoms with Gasteiger partial charge in [-0.05, 0) is 43.9 Å². The minimum Gasteiger partial charge on any atom is -0.491 e. The highest BCUT2D eigenvalue weighted by molar-refractivity contribution is 5.75. The summed E-state index contributed by atoms with van der Waals surface area (Å²) in [6, 6.07) is 7.66. The Morgan fingerprint density at radius 1 is 1.14 bits per heavy atom. The van der Waals surface area contributed by atoms with Crippen molar-refractivity contribution in [2.45, 2.75) is 52.8 Å². The Bertz CT molecular complexity index is 426. The van der Waals surface area contributed by atoms with Crippen LogP contribution in [0.3, 0.4) is 0 Å². The molecule has 0 aliphatic carbocycles. The molecule has 0 bridgehead atoms. The summed E-state index contributed by atoms with van der Waals surface area (Å²) in [5, 5.41) is 3.26. The largest absolute Gasteiger partial charge is 0.491 e. The maximum Gasteiger partial charge on any atom is 0.322 e. The summed E-state index contributed by atoms with van der Waals surface area (Å²) in [5.74, 6) is 1.09. The van der Waals surface area contributed by atoms with Crippen LogP contribution in [0.4, 0.5) is 0 Å². The second kappa shape index (κ2) is 8.67. The van der Waals surface area contributed by atoms with Crippen LogP contribution in [0.2, 0.25) is 0 Å². The first-order valence-corrected chi connectivity index (χ1v) is 7.49. The van der Waals surface area contributed by atoms with Gasteiger partial charge in [0.25, 0.3) is 0 Å². The van der Waals surface area contributed by atoms with Gasteiger partial charge in [0, 0.05) is 6.54 Å². The molecule has 1 atom stereocenters. The van der Waals surface area contributed by atoms with Crippen LogP contribution >= 0.6 is 0 Å². The summed E-state index contributed by atoms with van der Waals surface area (Å²) < 4.78 is 10.5. The second-order valence-electron chi connectivity index (χ2n) is 5.90. The van der Waals surface area contributed by atoms with Gasteiger partial charge in [0.2, 0.25) is 0 Å². The van der Waals surface area contributed by atoms with Gasteiger partial charge in [0.15, 0.2) is 0 Å². The highest BCUT2D eigenvalue weighted by Crippen LogP contribution is 2.14. The van der Waals surface area contributed by atoms with Crippen LogP contribution in [0.5, 0.6) is 5.75 Å². The van der Waals surface area contributed by atoms with E-state index in [1.54, 1.807) is 0 Å². The fourth-order valence-corrected chi connectivity index (χ4v) is 2.08. The zero-order valence-electron chi connectivity index (χ0n) is 13.7. The van der Waals surface area contributed by atoms with Crippen LogP contribution in [0.15, 0.2) is 24.3 Å². The average Bonchev–Trinajstić information content (AvgIpc) is 2.43. The zero-order valence-corrected chi connectivity index (χ0v) is 13.7. The normalized spacial score (nSPS) is 12.5. The van der Waals surface area contributed by atoms with Crippen LogP contribution in [-0.4, -0.2) is 25.2 Å². The molecule has 0 amide bonds. The average molecular weight is 293 g/mol. The number of benzene rings is 1. The molecule has 118 valence electrons. The van der Waals surface area contributed by atoms with E-state index >= 15 is 0 Å². The van der Waals surface area contributed by atoms with Gasteiger partial charge in [-0.1, -0.05) is 26.0 Å². The lowest BCUT2D eigenvalue weighted by atomic mass is 10.0. The van der Waals surface area contributed by atoms with Gasteiger partial charge in [0.1, 0.15) is 11.8 Å². The molecule has 0 radical (unpaired) electrons. The van der Waals surface area contributed by atoms with Gasteiger partial charge in [-0.3, -0.25) is 4.79 Å². The number of hydrogen-bond donors (Lipinski definition) is 1. The monoisotopic (exact) mass is 293 g/mol. The van der Waals surface area contributed by atoms with E-state index in [1.807, 2.05) is 38.1 Å². The van der Waals surface area contributed by atoms with E-state index in [9.17, 15) is 4.79 Å². The molecule has 1 rings (SSSR count). The third-order valence-electron chi connectivity index (χ3n) is 3.04. The Labute approximate surface area is 127 Å². The Hall–Kier alpha value is -1.55. The standard InChI is InChI=1S/C17H27NO3/c1-12(2)10-16(17(19)20-5)18-11-14-6-8-15(9-7-14)21-13(3)4/h6-9,12-13,16,18H,10-11H2,1-5H3. The predicted molar refractivity (Wildman–Crippen MR) is 84.3 cm³/mol. The third-order valence-corrected chi connectivity index (χ3v) is 3.04. The summed E-state index contributed by atoms with van der Waals surface area (Å²) in [6.07, 6.45) is 0.935. The van der Waals surface area contributed by atoms with Crippen molar-refractivity contribution in [2.24, 2.45) is 5.92 Å². The molecule has 1 N–H and O–H groups in total. The number of nitrogens with one attached hydrogen (secondary N) is 1. The maximum absolute atomic E-state index is 11.7. The van der Waals surface area contributed by atoms with E-state index in [0.29, 0.717) is 12.5 Å². The van der Waals surface area contributed by atoms with Crippen LogP contribution < -0.4 is 10.1 Å². The van der Waals surface area contributed by atoms with Crippen LogP contribution in [-0.2, 0) is 16.1 Å². The van der Waals surface area contributed by atoms with Gasteiger partial charge in [-0.2, -0.15) is 0 Å². The molecule has 1 unspecified atom stereocenters. The molecule has 0 spiro atoms. The van der Waals surface area contributed by atoms with Crippen molar-refractivity contribution in [3.63, 3.8) is 0 Å². The van der Waals surface area contributed by atoms with Crippen molar-refractivity contribution in [1.29, 1.82) is 0 Å². The number of methoxy groups -OCH3 is 1. The smallest absolute Gasteiger partial charge is 0.322 e. The van der Waals surface area contributed by atoms with Gasteiger partial charge < -0.3 is 14.8 Å². The van der Waals surface area contributed by atoms with Crippen LogP contribution in [0.25, 0.3) is 0 Å². The van der Waals surface area contributed by atoms with Crippen LogP contribution in [0.1, 0.15) is 39.7 Å². The molecule has 4 nitrogen and oxygen atoms in total. The van der Waals surface area contributed by atoms with Crippen molar-refractivity contribution in [3.8, 4) is 5.75 Å². The molecular weight excluding hydrogens is 266 g/mol. The van der Waals surface area contributed by atoms with Crippen molar-refractivity contribution in [2.75, 3.05) is 7.11 Å². The lowest BCUT2D eigenvalue weighted by Gasteiger charge is -2.18. The number of carbonyl (C=O) groups is 1. The predicted octanol–water partition coefficient (Wildman–Crippen LogP) is 3.15. The summed E-state index contributed by atoms with van der Waals surface area (Å²) in [7, 11) is 1.43. The fourth-order valence-electron chi connectivity index (χ4n) is 2.08. The highest BCUT2D eigenvalue weighted by Gasteiger charge is 2.19. The van der Waals surface area contributed by atoms with E-state index in [4.69, 9.17) is 9.47 Å². The SMILES string of the molecule is COC(=O)C(CC(C)C)NCc1ccc(OC(C)C)cc1. The molecule has 0 aliphatic heterocycles. The molecule has 0 saturated carbocycles. The van der Waals surface area contributed by atoms with E-state index < -0.39 is 0 Å². The molecular formula is C17H27NO3. The highest BCUT2D eigenvalue weighted by atomic mass is 16.5. The first-order valence-electron chi connectivity index (χ1n) is 7.49. The quantitative estimate of drug-likeness (QED) is 0.748. The number of rotatable bonds is 8. The third kappa shape index (κ3) is 6.63. The second-order valence-corrected chi connectivity index (χ2v) is 5.90. The lowest BCUT2D eigenvalue weighted by Crippen LogP contribution is -2.38. The molecule has 0 aliphatic rings. The molecule has 0 fully saturated rings. The topological polar surface area (TPSA) is 47.6 Å². The van der Waals surface area contributed by atoms with Crippen molar-refractivity contribution in [3.05, 3.63) is 29.8 Å². The summed E-state index contributed by atoms with van der Waals surface area (Å²) in [5.41, 5.74) is 1.11. The summed E-state index contributed by atoms with van der Waals surface area (Å²) in [4.78, 5) is 11.7. The number of esters is 1. The maximum atomic E-state index is 11.7. The van der Waals surface area contributed by atoms with Gasteiger partial charge in [-0.15, -0.1) is 0 Å². The molecule has 0 heterocycles. The number of hydrogen-bond acceptors (Lipinski definition) is 4. The summed E-state index contributed by atoms with van der Waals surface area (Å²) >= 11 is 0. The molecule has 4 heteroatoms. The van der Waals surface area contributed by atoms with E-state index in [1.165, 1.54) is 7.11 Å². The molecule has 0 saturated heterocycles. The Kier molecular flexibility index (Phi) is 7.23. The van der Waals surface area contributed by atoms with Gasteiger partial charge in [-0.25, -0.2) is 0 Å². The minimum absolute atomic E-state index is 0.170. The number of carbonyl (C=O) groups excluding carboxylic acids is 1. The van der Waals surface area contributed by atoms with Crippen LogP contribution in [0, 0.1) is 5.92 Å². The Morgan fingerprint density at radius 3 is 2.24 bits per heavy atom. The zero-order chi connectivity index (χ0) is 15.8. The van der Waals surface area contributed by atoms with E-state index in [-0.39, 0.29) is 18.1 Å². The van der Waals surface area contributed by atoms with E-state index in [0.717, 1.165) is 17.7 Å². The number of ether oxygens (including phenoxy) is 2. The van der Waals surface area contributed by atoms with Crippen molar-refractivity contribution >= 4 is 5.97 Å². The lowest BCUT2D eigenvalue weighted by molar-refractivity contribution is -0.143. The van der Waals surface area contributed by atoms with Crippen molar-refractivity contribution in [1.82, 2.24) is 5.32 Å². The molecule has 1 aromatic carbocycles. The Balaban J connectivity index is 2.56.